The second-order valence-corrected chi connectivity index (χ2v) is 10.1. The van der Waals surface area contributed by atoms with E-state index in [9.17, 15) is 4.79 Å². The maximum Gasteiger partial charge on any atom is 0.258 e. The number of benzene rings is 2. The molecule has 10 heteroatoms. The normalized spacial score (nSPS) is 13.1. The van der Waals surface area contributed by atoms with Crippen LogP contribution < -0.4 is 10.1 Å². The van der Waals surface area contributed by atoms with Crippen LogP contribution in [0.15, 0.2) is 57.7 Å². The first-order valence-electron chi connectivity index (χ1n) is 12.0. The van der Waals surface area contributed by atoms with E-state index in [4.69, 9.17) is 9.26 Å². The first kappa shape index (κ1) is 25.0. The fourth-order valence-electron chi connectivity index (χ4n) is 3.93. The minimum atomic E-state index is -0.293. The highest BCUT2D eigenvalue weighted by Crippen LogP contribution is 2.45. The summed E-state index contributed by atoms with van der Waals surface area (Å²) in [6.07, 6.45) is 3.89. The van der Waals surface area contributed by atoms with Crippen LogP contribution in [-0.4, -0.2) is 58.2 Å². The highest BCUT2D eigenvalue weighted by Gasteiger charge is 2.27. The second-order valence-electron chi connectivity index (χ2n) is 9.24. The lowest BCUT2D eigenvalue weighted by Crippen LogP contribution is -2.20. The van der Waals surface area contributed by atoms with Gasteiger partial charge in [-0.2, -0.15) is 9.97 Å². The number of likely N-dealkylation sites (N-methyl/N-ethyl adjacent to an activating group) is 1. The molecule has 2 heterocycles. The Morgan fingerprint density at radius 2 is 1.89 bits per heavy atom. The maximum absolute atomic E-state index is 12.9. The van der Waals surface area contributed by atoms with Crippen LogP contribution in [0.2, 0.25) is 0 Å². The molecule has 2 aromatic heterocycles. The van der Waals surface area contributed by atoms with E-state index in [1.54, 1.807) is 13.1 Å². The lowest BCUT2D eigenvalue weighted by molar-refractivity contribution is 0.102. The number of anilines is 1. The molecule has 0 radical (unpaired) electrons. The standard InChI is InChI=1S/C27H27BrN6O3/c1-16-30-24(33-37-16)20-10-11-21(22(14-20)18-4-5-18)17-6-8-19(9-7-17)25(35)31-27-29-15-23(28)26(32-27)36-13-12-34(2)3/h6-11,14-15,18H,4-5,12-13H2,1-3H3,(H,29,31,32,35). The van der Waals surface area contributed by atoms with Crippen molar-refractivity contribution in [2.45, 2.75) is 25.7 Å². The zero-order valence-electron chi connectivity index (χ0n) is 20.9. The fourth-order valence-corrected chi connectivity index (χ4v) is 4.23. The monoisotopic (exact) mass is 562 g/mol. The lowest BCUT2D eigenvalue weighted by atomic mass is 9.94. The number of amides is 1. The van der Waals surface area contributed by atoms with Gasteiger partial charge >= 0.3 is 0 Å². The van der Waals surface area contributed by atoms with E-state index in [2.05, 4.69) is 53.5 Å². The first-order valence-corrected chi connectivity index (χ1v) is 12.8. The van der Waals surface area contributed by atoms with E-state index >= 15 is 0 Å². The molecule has 37 heavy (non-hydrogen) atoms. The molecule has 1 fully saturated rings. The van der Waals surface area contributed by atoms with Crippen LogP contribution in [-0.2, 0) is 0 Å². The molecular weight excluding hydrogens is 536 g/mol. The quantitative estimate of drug-likeness (QED) is 0.291. The zero-order valence-corrected chi connectivity index (χ0v) is 22.4. The van der Waals surface area contributed by atoms with Gasteiger partial charge in [-0.3, -0.25) is 10.1 Å². The Bertz CT molecular complexity index is 1420. The molecule has 2 aromatic carbocycles. The van der Waals surface area contributed by atoms with Crippen LogP contribution in [0.1, 0.15) is 40.6 Å². The summed E-state index contributed by atoms with van der Waals surface area (Å²) >= 11 is 3.39. The van der Waals surface area contributed by atoms with Gasteiger partial charge < -0.3 is 14.2 Å². The van der Waals surface area contributed by atoms with Crippen molar-refractivity contribution in [3.63, 3.8) is 0 Å². The van der Waals surface area contributed by atoms with Gasteiger partial charge in [0.1, 0.15) is 6.61 Å². The summed E-state index contributed by atoms with van der Waals surface area (Å²) in [4.78, 5) is 27.8. The molecule has 1 N–H and O–H groups in total. The summed E-state index contributed by atoms with van der Waals surface area (Å²) in [6.45, 7) is 2.99. The van der Waals surface area contributed by atoms with Crippen molar-refractivity contribution in [1.82, 2.24) is 25.0 Å². The predicted molar refractivity (Wildman–Crippen MR) is 144 cm³/mol. The third kappa shape index (κ3) is 6.03. The van der Waals surface area contributed by atoms with Crippen molar-refractivity contribution in [2.24, 2.45) is 0 Å². The molecule has 5 rings (SSSR count). The van der Waals surface area contributed by atoms with Crippen molar-refractivity contribution in [1.29, 1.82) is 0 Å². The topological polar surface area (TPSA) is 106 Å². The summed E-state index contributed by atoms with van der Waals surface area (Å²) < 4.78 is 11.5. The highest BCUT2D eigenvalue weighted by atomic mass is 79.9. The average Bonchev–Trinajstić information content (AvgIpc) is 3.65. The van der Waals surface area contributed by atoms with Crippen LogP contribution in [0.5, 0.6) is 5.88 Å². The molecule has 190 valence electrons. The molecule has 0 aliphatic heterocycles. The number of aryl methyl sites for hydroxylation is 1. The molecule has 0 spiro atoms. The first-order chi connectivity index (χ1) is 17.9. The van der Waals surface area contributed by atoms with Crippen molar-refractivity contribution < 1.29 is 14.1 Å². The summed E-state index contributed by atoms with van der Waals surface area (Å²) in [7, 11) is 3.93. The van der Waals surface area contributed by atoms with Crippen LogP contribution in [0.3, 0.4) is 0 Å². The molecular formula is C27H27BrN6O3. The molecule has 0 saturated heterocycles. The van der Waals surface area contributed by atoms with E-state index in [0.717, 1.165) is 36.1 Å². The smallest absolute Gasteiger partial charge is 0.258 e. The van der Waals surface area contributed by atoms with E-state index in [1.165, 1.54) is 5.56 Å². The van der Waals surface area contributed by atoms with Gasteiger partial charge in [-0.15, -0.1) is 0 Å². The van der Waals surface area contributed by atoms with Gasteiger partial charge in [0, 0.05) is 24.6 Å². The number of rotatable bonds is 9. The molecule has 1 aliphatic carbocycles. The van der Waals surface area contributed by atoms with E-state index in [-0.39, 0.29) is 11.9 Å². The number of halogens is 1. The Morgan fingerprint density at radius 1 is 1.14 bits per heavy atom. The molecule has 4 aromatic rings. The molecule has 1 saturated carbocycles. The number of hydrogen-bond acceptors (Lipinski definition) is 8. The minimum absolute atomic E-state index is 0.181. The van der Waals surface area contributed by atoms with E-state index in [0.29, 0.717) is 40.2 Å². The van der Waals surface area contributed by atoms with Crippen molar-refractivity contribution in [3.8, 4) is 28.4 Å². The summed E-state index contributed by atoms with van der Waals surface area (Å²) in [5.74, 6) is 1.94. The highest BCUT2D eigenvalue weighted by molar-refractivity contribution is 9.10. The minimum Gasteiger partial charge on any atom is -0.475 e. The average molecular weight is 563 g/mol. The molecule has 9 nitrogen and oxygen atoms in total. The SMILES string of the molecule is Cc1nc(-c2ccc(-c3ccc(C(=O)Nc4ncc(Br)c(OCCN(C)C)n4)cc3)c(C3CC3)c2)no1. The third-order valence-electron chi connectivity index (χ3n) is 6.03. The van der Waals surface area contributed by atoms with Crippen LogP contribution >= 0.6 is 15.9 Å². The summed E-state index contributed by atoms with van der Waals surface area (Å²) in [5, 5.41) is 6.81. The Labute approximate surface area is 223 Å². The molecule has 0 unspecified atom stereocenters. The van der Waals surface area contributed by atoms with Crippen LogP contribution in [0, 0.1) is 6.92 Å². The number of hydrogen-bond donors (Lipinski definition) is 1. The Kier molecular flexibility index (Phi) is 7.29. The van der Waals surface area contributed by atoms with Gasteiger partial charge in [-0.25, -0.2) is 4.98 Å². The van der Waals surface area contributed by atoms with Gasteiger partial charge in [0.15, 0.2) is 0 Å². The Morgan fingerprint density at radius 3 is 2.57 bits per heavy atom. The van der Waals surface area contributed by atoms with Gasteiger partial charge in [0.25, 0.3) is 5.91 Å². The lowest BCUT2D eigenvalue weighted by Gasteiger charge is -2.12. The fraction of sp³-hybridized carbons (Fsp3) is 0.296. The predicted octanol–water partition coefficient (Wildman–Crippen LogP) is 5.33. The Hall–Kier alpha value is -3.63. The number of ether oxygens (including phenoxy) is 1. The van der Waals surface area contributed by atoms with Gasteiger partial charge in [0.2, 0.25) is 23.5 Å². The summed E-state index contributed by atoms with van der Waals surface area (Å²) in [5.41, 5.74) is 4.91. The molecule has 0 atom stereocenters. The molecule has 1 amide bonds. The number of aromatic nitrogens is 4. The number of nitrogens with zero attached hydrogens (tertiary/aromatic N) is 5. The van der Waals surface area contributed by atoms with Crippen molar-refractivity contribution in [2.75, 3.05) is 32.6 Å². The summed E-state index contributed by atoms with van der Waals surface area (Å²) in [6, 6.07) is 13.8. The van der Waals surface area contributed by atoms with E-state index in [1.807, 2.05) is 49.3 Å². The number of nitrogens with one attached hydrogen (secondary N) is 1. The zero-order chi connectivity index (χ0) is 25.9. The van der Waals surface area contributed by atoms with Gasteiger partial charge in [0.05, 0.1) is 10.7 Å². The Balaban J connectivity index is 1.31. The van der Waals surface area contributed by atoms with Gasteiger partial charge in [-0.05, 0) is 83.7 Å². The maximum atomic E-state index is 12.9. The van der Waals surface area contributed by atoms with Crippen molar-refractivity contribution >= 4 is 27.8 Å². The molecule has 0 bridgehead atoms. The van der Waals surface area contributed by atoms with Crippen LogP contribution in [0.4, 0.5) is 5.95 Å². The molecule has 1 aliphatic rings. The van der Waals surface area contributed by atoms with E-state index < -0.39 is 0 Å². The number of carbonyl (C=O) groups excluding carboxylic acids is 1. The van der Waals surface area contributed by atoms with Crippen molar-refractivity contribution in [3.05, 3.63) is 70.2 Å². The number of carbonyl (C=O) groups is 1. The van der Waals surface area contributed by atoms with Crippen LogP contribution in [0.25, 0.3) is 22.5 Å². The largest absolute Gasteiger partial charge is 0.475 e. The second kappa shape index (κ2) is 10.8. The third-order valence-corrected chi connectivity index (χ3v) is 6.57. The van der Waals surface area contributed by atoms with Gasteiger partial charge in [-0.1, -0.05) is 29.4 Å².